The lowest BCUT2D eigenvalue weighted by Crippen LogP contribution is -2.63. The molecule has 3 N–H and O–H groups in total. The minimum Gasteiger partial charge on any atom is -0.392 e. The predicted molar refractivity (Wildman–Crippen MR) is 210 cm³/mol. The maximum absolute atomic E-state index is 14.5. The summed E-state index contributed by atoms with van der Waals surface area (Å²) in [4.78, 5) is 29.2. The predicted octanol–water partition coefficient (Wildman–Crippen LogP) is 6.19. The van der Waals surface area contributed by atoms with Crippen LogP contribution >= 0.6 is 0 Å². The normalized spacial score (nSPS) is 44.9. The van der Waals surface area contributed by atoms with Crippen LogP contribution in [0.15, 0.2) is 12.2 Å². The number of aliphatic hydroxyl groups excluding tert-OH is 2. The first-order chi connectivity index (χ1) is 25.7. The van der Waals surface area contributed by atoms with Crippen LogP contribution in [0.5, 0.6) is 0 Å². The van der Waals surface area contributed by atoms with Crippen LogP contribution < -0.4 is 0 Å². The Morgan fingerprint density at radius 1 is 0.891 bits per heavy atom. The average Bonchev–Trinajstić information content (AvgIpc) is 3.50. The number of aliphatic hydroxyl groups is 3. The second-order valence-electron chi connectivity index (χ2n) is 18.8. The van der Waals surface area contributed by atoms with Crippen molar-refractivity contribution in [1.82, 2.24) is 4.90 Å². The van der Waals surface area contributed by atoms with Crippen LogP contribution in [0.1, 0.15) is 133 Å². The van der Waals surface area contributed by atoms with Gasteiger partial charge in [-0.1, -0.05) is 55.4 Å². The van der Waals surface area contributed by atoms with E-state index >= 15 is 0 Å². The summed E-state index contributed by atoms with van der Waals surface area (Å²) in [6.07, 6.45) is 6.42. The Kier molecular flexibility index (Phi) is 13.8. The summed E-state index contributed by atoms with van der Waals surface area (Å²) in [5.41, 5.74) is -1.62. The number of ketones is 1. The van der Waals surface area contributed by atoms with Gasteiger partial charge in [-0.25, -0.2) is 0 Å². The fourth-order valence-electron chi connectivity index (χ4n) is 10.8. The van der Waals surface area contributed by atoms with Crippen LogP contribution in [-0.2, 0) is 33.3 Å². The second-order valence-corrected chi connectivity index (χ2v) is 18.8. The summed E-state index contributed by atoms with van der Waals surface area (Å²) < 4.78 is 33.8. The number of amides is 1. The van der Waals surface area contributed by atoms with Crippen LogP contribution in [0.3, 0.4) is 0 Å². The van der Waals surface area contributed by atoms with Crippen molar-refractivity contribution >= 4 is 11.7 Å². The van der Waals surface area contributed by atoms with Gasteiger partial charge in [-0.15, -0.1) is 0 Å². The molecule has 0 saturated carbocycles. The first-order valence-electron chi connectivity index (χ1n) is 21.6. The average molecular weight is 778 g/mol. The summed E-state index contributed by atoms with van der Waals surface area (Å²) in [7, 11) is 3.55. The standard InChI is InChI=1S/C44H75NO10/c1-13-31(40(49)45(11)12)33-17-16-25(4)38(52-33)29(8)36(47)28(7)37(48)32(14-2)39-26(5)24-27(6)43(53-39)21-18-34(46)44(55-43)23-22-41(10,54-44)35-19-20-42(50,15-3)30(9)51-35/h18,21,25-36,38-39,46-47,50H,13-17,19-20,22-24H2,1-12H3/t25-,26-,27+,28-,29-,30-,31+,32-,33+,34+,35+,36+,38+,39-,41-,42+,43-,44-/m0/s1. The largest absolute Gasteiger partial charge is 0.392 e. The lowest BCUT2D eigenvalue weighted by molar-refractivity contribution is -0.409. The molecule has 0 aromatic heterocycles. The first kappa shape index (κ1) is 44.7. The summed E-state index contributed by atoms with van der Waals surface area (Å²) in [6.45, 7) is 20.0. The summed E-state index contributed by atoms with van der Waals surface area (Å²) >= 11 is 0. The molecule has 2 spiro atoms. The first-order valence-corrected chi connectivity index (χ1v) is 21.6. The molecule has 0 aromatic rings. The van der Waals surface area contributed by atoms with Crippen molar-refractivity contribution in [2.45, 2.75) is 199 Å². The molecule has 11 heteroatoms. The number of rotatable bonds is 12. The van der Waals surface area contributed by atoms with Crippen molar-refractivity contribution in [3.63, 3.8) is 0 Å². The summed E-state index contributed by atoms with van der Waals surface area (Å²) in [5, 5.41) is 34.4. The molecule has 4 fully saturated rings. The van der Waals surface area contributed by atoms with E-state index in [0.717, 1.165) is 19.3 Å². The Morgan fingerprint density at radius 3 is 2.16 bits per heavy atom. The van der Waals surface area contributed by atoms with Gasteiger partial charge < -0.3 is 43.9 Å². The molecule has 5 heterocycles. The molecule has 1 amide bonds. The number of carbonyl (C=O) groups is 2. The van der Waals surface area contributed by atoms with Crippen LogP contribution in [0.2, 0.25) is 0 Å². The molecule has 0 bridgehead atoms. The number of hydrogen-bond donors (Lipinski definition) is 3. The van der Waals surface area contributed by atoms with Crippen molar-refractivity contribution in [3.05, 3.63) is 12.2 Å². The molecule has 5 rings (SSSR count). The molecular weight excluding hydrogens is 702 g/mol. The lowest BCUT2D eigenvalue weighted by Gasteiger charge is -2.54. The third-order valence-electron chi connectivity index (χ3n) is 14.9. The van der Waals surface area contributed by atoms with Gasteiger partial charge in [0.15, 0.2) is 5.79 Å². The van der Waals surface area contributed by atoms with E-state index in [4.69, 9.17) is 23.7 Å². The smallest absolute Gasteiger partial charge is 0.227 e. The molecule has 0 aromatic carbocycles. The molecule has 55 heavy (non-hydrogen) atoms. The van der Waals surface area contributed by atoms with E-state index in [0.29, 0.717) is 44.9 Å². The summed E-state index contributed by atoms with van der Waals surface area (Å²) in [6, 6.07) is 0. The second kappa shape index (κ2) is 17.0. The monoisotopic (exact) mass is 778 g/mol. The molecule has 5 aliphatic rings. The highest BCUT2D eigenvalue weighted by molar-refractivity contribution is 5.84. The molecule has 5 aliphatic heterocycles. The molecule has 4 saturated heterocycles. The Balaban J connectivity index is 1.31. The van der Waals surface area contributed by atoms with Gasteiger partial charge in [0.1, 0.15) is 11.9 Å². The van der Waals surface area contributed by atoms with E-state index < -0.39 is 52.9 Å². The third kappa shape index (κ3) is 8.39. The van der Waals surface area contributed by atoms with Crippen molar-refractivity contribution in [3.8, 4) is 0 Å². The van der Waals surface area contributed by atoms with Crippen LogP contribution in [0.25, 0.3) is 0 Å². The molecule has 316 valence electrons. The molecular formula is C44H75NO10. The van der Waals surface area contributed by atoms with Crippen molar-refractivity contribution in [2.24, 2.45) is 41.4 Å². The Labute approximate surface area is 331 Å². The van der Waals surface area contributed by atoms with E-state index in [-0.39, 0.29) is 65.7 Å². The quantitative estimate of drug-likeness (QED) is 0.196. The van der Waals surface area contributed by atoms with E-state index in [2.05, 4.69) is 20.8 Å². The van der Waals surface area contributed by atoms with Gasteiger partial charge >= 0.3 is 0 Å². The maximum atomic E-state index is 14.5. The number of hydrogen-bond acceptors (Lipinski definition) is 10. The summed E-state index contributed by atoms with van der Waals surface area (Å²) in [5.74, 6) is -4.23. The number of Topliss-reactive ketones (excluding diaryl/α,β-unsaturated/α-hetero) is 1. The highest BCUT2D eigenvalue weighted by Gasteiger charge is 2.63. The molecule has 0 unspecified atom stereocenters. The van der Waals surface area contributed by atoms with Crippen LogP contribution in [0.4, 0.5) is 0 Å². The molecule has 18 atom stereocenters. The highest BCUT2D eigenvalue weighted by Crippen LogP contribution is 2.54. The maximum Gasteiger partial charge on any atom is 0.227 e. The lowest BCUT2D eigenvalue weighted by atomic mass is 9.72. The topological polar surface area (TPSA) is 144 Å². The molecule has 11 nitrogen and oxygen atoms in total. The van der Waals surface area contributed by atoms with Gasteiger partial charge in [-0.3, -0.25) is 9.59 Å². The highest BCUT2D eigenvalue weighted by atomic mass is 16.8. The van der Waals surface area contributed by atoms with Gasteiger partial charge in [-0.2, -0.15) is 0 Å². The van der Waals surface area contributed by atoms with Crippen molar-refractivity contribution < 1.29 is 48.6 Å². The van der Waals surface area contributed by atoms with Gasteiger partial charge in [0.05, 0.1) is 53.7 Å². The van der Waals surface area contributed by atoms with Gasteiger partial charge in [-0.05, 0) is 95.6 Å². The van der Waals surface area contributed by atoms with Crippen molar-refractivity contribution in [2.75, 3.05) is 14.1 Å². The van der Waals surface area contributed by atoms with E-state index in [1.54, 1.807) is 25.1 Å². The van der Waals surface area contributed by atoms with Gasteiger partial charge in [0.2, 0.25) is 11.7 Å². The van der Waals surface area contributed by atoms with Crippen LogP contribution in [0, 0.1) is 41.4 Å². The Morgan fingerprint density at radius 2 is 1.56 bits per heavy atom. The van der Waals surface area contributed by atoms with Crippen LogP contribution in [-0.4, -0.2) is 112 Å². The zero-order valence-corrected chi connectivity index (χ0v) is 36.0. The Bertz CT molecular complexity index is 1380. The van der Waals surface area contributed by atoms with E-state index in [9.17, 15) is 24.9 Å². The minimum atomic E-state index is -1.36. The SMILES string of the molecule is CC[C@@H](C(=O)[C@@H](C)[C@@H](O)[C@H](C)[C@@H]1O[C@@H]([C@@H](CC)C(=O)N(C)C)CC[C@@H]1C)[C@H]1O[C@]2(C=C[C@@H](O)[C@]3(CC[C@@](C)([C@H]4CC[C@](O)(CC)[C@H](C)O4)O3)O2)[C@H](C)C[C@@H]1C. The fraction of sp³-hybridized carbons (Fsp3) is 0.909. The minimum absolute atomic E-state index is 0.0305. The van der Waals surface area contributed by atoms with Crippen molar-refractivity contribution in [1.29, 1.82) is 0 Å². The Hall–Kier alpha value is -1.44. The van der Waals surface area contributed by atoms with Gasteiger partial charge in [0.25, 0.3) is 0 Å². The van der Waals surface area contributed by atoms with Gasteiger partial charge in [0, 0.05) is 44.2 Å². The number of ether oxygens (including phenoxy) is 5. The number of carbonyl (C=O) groups excluding carboxylic acids is 2. The zero-order chi connectivity index (χ0) is 40.8. The molecule has 0 radical (unpaired) electrons. The fourth-order valence-corrected chi connectivity index (χ4v) is 10.8. The van der Waals surface area contributed by atoms with E-state index in [1.807, 2.05) is 54.5 Å². The zero-order valence-electron chi connectivity index (χ0n) is 36.0. The van der Waals surface area contributed by atoms with E-state index in [1.165, 1.54) is 0 Å². The molecule has 0 aliphatic carbocycles. The third-order valence-corrected chi connectivity index (χ3v) is 14.9. The number of nitrogens with zero attached hydrogens (tertiary/aromatic N) is 1.